The molecule has 0 N–H and O–H groups in total. The van der Waals surface area contributed by atoms with E-state index >= 15 is 0 Å². The lowest BCUT2D eigenvalue weighted by atomic mass is 10.1. The molecule has 0 saturated carbocycles. The molecule has 1 amide bonds. The van der Waals surface area contributed by atoms with E-state index in [-0.39, 0.29) is 11.7 Å². The van der Waals surface area contributed by atoms with Gasteiger partial charge in [0.15, 0.2) is 0 Å². The number of rotatable bonds is 7. The lowest BCUT2D eigenvalue weighted by Gasteiger charge is -2.19. The van der Waals surface area contributed by atoms with Crippen LogP contribution in [-0.2, 0) is 17.9 Å². The van der Waals surface area contributed by atoms with E-state index in [2.05, 4.69) is 6.07 Å². The average molecular weight is 375 g/mol. The van der Waals surface area contributed by atoms with Crippen molar-refractivity contribution in [3.63, 3.8) is 0 Å². The van der Waals surface area contributed by atoms with Crippen LogP contribution in [0.15, 0.2) is 60.8 Å². The van der Waals surface area contributed by atoms with Crippen LogP contribution >= 0.6 is 0 Å². The average Bonchev–Trinajstić information content (AvgIpc) is 3.06. The minimum Gasteiger partial charge on any atom is -0.346 e. The molecule has 142 valence electrons. The Morgan fingerprint density at radius 1 is 1.25 bits per heavy atom. The Kier molecular flexibility index (Phi) is 6.23. The number of nitrogens with zero attached hydrogens (tertiary/aromatic N) is 3. The highest BCUT2D eigenvalue weighted by molar-refractivity contribution is 5.96. The molecule has 0 bridgehead atoms. The number of para-hydroxylation sites is 1. The highest BCUT2D eigenvalue weighted by atomic mass is 19.1. The number of aryl methyl sites for hydroxylation is 1. The third-order valence-corrected chi connectivity index (χ3v) is 4.65. The molecule has 4 nitrogen and oxygen atoms in total. The smallest absolute Gasteiger partial charge is 0.246 e. The van der Waals surface area contributed by atoms with Crippen molar-refractivity contribution in [3.8, 4) is 6.07 Å². The molecular formula is C23H22FN3O. The van der Waals surface area contributed by atoms with Gasteiger partial charge in [-0.15, -0.1) is 0 Å². The minimum absolute atomic E-state index is 0.124. The number of amides is 1. The van der Waals surface area contributed by atoms with E-state index in [1.165, 1.54) is 12.1 Å². The van der Waals surface area contributed by atoms with E-state index < -0.39 is 0 Å². The van der Waals surface area contributed by atoms with Gasteiger partial charge in [0.25, 0.3) is 0 Å². The van der Waals surface area contributed by atoms with Crippen LogP contribution < -0.4 is 0 Å². The summed E-state index contributed by atoms with van der Waals surface area (Å²) in [5.41, 5.74) is 2.73. The summed E-state index contributed by atoms with van der Waals surface area (Å²) in [6, 6.07) is 16.4. The number of hydrogen-bond acceptors (Lipinski definition) is 2. The van der Waals surface area contributed by atoms with Crippen molar-refractivity contribution in [1.82, 2.24) is 9.47 Å². The Morgan fingerprint density at radius 3 is 2.82 bits per heavy atom. The number of nitriles is 1. The van der Waals surface area contributed by atoms with Gasteiger partial charge in [-0.25, -0.2) is 4.39 Å². The number of halogens is 1. The molecule has 1 aromatic heterocycles. The second-order valence-electron chi connectivity index (χ2n) is 6.52. The number of likely N-dealkylation sites (N-methyl/N-ethyl adjacent to an activating group) is 1. The second kappa shape index (κ2) is 9.01. The van der Waals surface area contributed by atoms with Crippen LogP contribution in [-0.4, -0.2) is 21.9 Å². The molecule has 0 fully saturated rings. The van der Waals surface area contributed by atoms with E-state index in [4.69, 9.17) is 5.26 Å². The predicted molar refractivity (Wildman–Crippen MR) is 109 cm³/mol. The number of fused-ring (bicyclic) bond motifs is 1. The maximum absolute atomic E-state index is 13.4. The van der Waals surface area contributed by atoms with E-state index in [0.717, 1.165) is 22.0 Å². The van der Waals surface area contributed by atoms with Gasteiger partial charge in [0, 0.05) is 48.4 Å². The first-order valence-corrected chi connectivity index (χ1v) is 9.28. The SMILES string of the molecule is CCN(Cc1cccc(F)c1)C(=O)/C=C/c1cn(CCC#N)c2ccccc12. The van der Waals surface area contributed by atoms with E-state index in [9.17, 15) is 9.18 Å². The summed E-state index contributed by atoms with van der Waals surface area (Å²) in [4.78, 5) is 14.3. The highest BCUT2D eigenvalue weighted by Crippen LogP contribution is 2.23. The van der Waals surface area contributed by atoms with Gasteiger partial charge in [-0.2, -0.15) is 5.26 Å². The third-order valence-electron chi connectivity index (χ3n) is 4.65. The van der Waals surface area contributed by atoms with Gasteiger partial charge in [0.2, 0.25) is 5.91 Å². The maximum Gasteiger partial charge on any atom is 0.246 e. The molecule has 2 aromatic carbocycles. The van der Waals surface area contributed by atoms with E-state index in [1.807, 2.05) is 54.1 Å². The van der Waals surface area contributed by atoms with Crippen LogP contribution in [0.3, 0.4) is 0 Å². The van der Waals surface area contributed by atoms with Crippen molar-refractivity contribution in [2.45, 2.75) is 26.4 Å². The van der Waals surface area contributed by atoms with Crippen LogP contribution in [0.4, 0.5) is 4.39 Å². The standard InChI is InChI=1S/C23H22FN3O/c1-2-26(16-18-7-5-8-20(24)15-18)23(28)12-11-19-17-27(14-6-13-25)22-10-4-3-9-21(19)22/h3-5,7-12,15,17H,2,6,14,16H2,1H3/b12-11+. The van der Waals surface area contributed by atoms with Gasteiger partial charge in [-0.3, -0.25) is 4.79 Å². The molecule has 0 unspecified atom stereocenters. The summed E-state index contributed by atoms with van der Waals surface area (Å²) < 4.78 is 15.4. The largest absolute Gasteiger partial charge is 0.346 e. The third kappa shape index (κ3) is 4.47. The molecule has 0 spiro atoms. The predicted octanol–water partition coefficient (Wildman–Crippen LogP) is 4.76. The first-order chi connectivity index (χ1) is 13.6. The zero-order valence-electron chi connectivity index (χ0n) is 15.8. The Hall–Kier alpha value is -3.39. The zero-order chi connectivity index (χ0) is 19.9. The van der Waals surface area contributed by atoms with Gasteiger partial charge in [-0.1, -0.05) is 30.3 Å². The van der Waals surface area contributed by atoms with Crippen molar-refractivity contribution in [3.05, 3.63) is 77.7 Å². The lowest BCUT2D eigenvalue weighted by Crippen LogP contribution is -2.28. The van der Waals surface area contributed by atoms with Gasteiger partial charge >= 0.3 is 0 Å². The van der Waals surface area contributed by atoms with Crippen LogP contribution in [0.25, 0.3) is 17.0 Å². The van der Waals surface area contributed by atoms with Crippen LogP contribution in [0.2, 0.25) is 0 Å². The van der Waals surface area contributed by atoms with Gasteiger partial charge < -0.3 is 9.47 Å². The quantitative estimate of drug-likeness (QED) is 0.559. The molecular weight excluding hydrogens is 353 g/mol. The van der Waals surface area contributed by atoms with Crippen molar-refractivity contribution < 1.29 is 9.18 Å². The molecule has 0 aliphatic carbocycles. The Bertz CT molecular complexity index is 1050. The van der Waals surface area contributed by atoms with Crippen molar-refractivity contribution >= 4 is 22.9 Å². The Morgan fingerprint density at radius 2 is 2.07 bits per heavy atom. The summed E-state index contributed by atoms with van der Waals surface area (Å²) >= 11 is 0. The number of carbonyl (C=O) groups is 1. The fraction of sp³-hybridized carbons (Fsp3) is 0.217. The van der Waals surface area contributed by atoms with Crippen molar-refractivity contribution in [1.29, 1.82) is 5.26 Å². The molecule has 0 aliphatic rings. The van der Waals surface area contributed by atoms with E-state index in [1.54, 1.807) is 17.0 Å². The van der Waals surface area contributed by atoms with Gasteiger partial charge in [0.05, 0.1) is 12.5 Å². The summed E-state index contributed by atoms with van der Waals surface area (Å²) in [5, 5.41) is 9.90. The van der Waals surface area contributed by atoms with E-state index in [0.29, 0.717) is 26.1 Å². The molecule has 28 heavy (non-hydrogen) atoms. The number of hydrogen-bond donors (Lipinski definition) is 0. The normalized spacial score (nSPS) is 11.0. The highest BCUT2D eigenvalue weighted by Gasteiger charge is 2.11. The van der Waals surface area contributed by atoms with Gasteiger partial charge in [-0.05, 0) is 36.8 Å². The minimum atomic E-state index is -0.304. The molecule has 5 heteroatoms. The molecule has 3 rings (SSSR count). The topological polar surface area (TPSA) is 49.0 Å². The Balaban J connectivity index is 1.80. The van der Waals surface area contributed by atoms with Crippen LogP contribution in [0.1, 0.15) is 24.5 Å². The first-order valence-electron chi connectivity index (χ1n) is 9.28. The van der Waals surface area contributed by atoms with Crippen molar-refractivity contribution in [2.24, 2.45) is 0 Å². The molecule has 0 atom stereocenters. The fourth-order valence-electron chi connectivity index (χ4n) is 3.23. The lowest BCUT2D eigenvalue weighted by molar-refractivity contribution is -0.126. The first kappa shape index (κ1) is 19.4. The number of benzene rings is 2. The zero-order valence-corrected chi connectivity index (χ0v) is 15.8. The monoisotopic (exact) mass is 375 g/mol. The summed E-state index contributed by atoms with van der Waals surface area (Å²) in [6.07, 6.45) is 5.76. The maximum atomic E-state index is 13.4. The summed E-state index contributed by atoms with van der Waals surface area (Å²) in [6.45, 7) is 3.41. The van der Waals surface area contributed by atoms with Gasteiger partial charge in [0.1, 0.15) is 5.82 Å². The molecule has 1 heterocycles. The number of carbonyl (C=O) groups excluding carboxylic acids is 1. The summed E-state index contributed by atoms with van der Waals surface area (Å²) in [5.74, 6) is -0.428. The Labute approximate surface area is 164 Å². The molecule has 3 aromatic rings. The second-order valence-corrected chi connectivity index (χ2v) is 6.52. The number of aromatic nitrogens is 1. The fourth-order valence-corrected chi connectivity index (χ4v) is 3.23. The summed E-state index contributed by atoms with van der Waals surface area (Å²) in [7, 11) is 0. The molecule has 0 radical (unpaired) electrons. The molecule has 0 aliphatic heterocycles. The molecule has 0 saturated heterocycles. The van der Waals surface area contributed by atoms with Crippen LogP contribution in [0.5, 0.6) is 0 Å². The van der Waals surface area contributed by atoms with Crippen molar-refractivity contribution in [2.75, 3.05) is 6.54 Å². The van der Waals surface area contributed by atoms with Crippen LogP contribution in [0, 0.1) is 17.1 Å².